The van der Waals surface area contributed by atoms with Gasteiger partial charge in [-0.1, -0.05) is 12.1 Å². The second-order valence-corrected chi connectivity index (χ2v) is 6.27. The number of hydrogen-bond acceptors (Lipinski definition) is 6. The van der Waals surface area contributed by atoms with Crippen LogP contribution in [0.5, 0.6) is 0 Å². The highest BCUT2D eigenvalue weighted by molar-refractivity contribution is 6.09. The number of aliphatic hydroxyl groups is 1. The van der Waals surface area contributed by atoms with Gasteiger partial charge in [0.15, 0.2) is 0 Å². The van der Waals surface area contributed by atoms with Crippen molar-refractivity contribution in [1.82, 2.24) is 4.90 Å². The van der Waals surface area contributed by atoms with Crippen molar-refractivity contribution in [2.75, 3.05) is 25.1 Å². The molecule has 1 aliphatic heterocycles. The van der Waals surface area contributed by atoms with E-state index in [1.807, 2.05) is 11.0 Å². The molecule has 1 aromatic rings. The number of carbonyl (C=O) groups excluding carboxylic acids is 2. The predicted octanol–water partition coefficient (Wildman–Crippen LogP) is 2.45. The number of ether oxygens (including phenoxy) is 1. The number of nitriles is 1. The molecular formula is C20H25N3O4. The zero-order valence-electron chi connectivity index (χ0n) is 15.5. The van der Waals surface area contributed by atoms with Crippen molar-refractivity contribution < 1.29 is 19.4 Å². The molecule has 0 bridgehead atoms. The first-order valence-electron chi connectivity index (χ1n) is 9.16. The Morgan fingerprint density at radius 3 is 2.89 bits per heavy atom. The smallest absolute Gasteiger partial charge is 0.340 e. The lowest BCUT2D eigenvalue weighted by atomic mass is 10.00. The van der Waals surface area contributed by atoms with Crippen molar-refractivity contribution in [1.29, 1.82) is 5.26 Å². The average molecular weight is 371 g/mol. The molecule has 1 heterocycles. The Labute approximate surface area is 159 Å². The number of esters is 1. The Balaban J connectivity index is 2.18. The molecule has 144 valence electrons. The van der Waals surface area contributed by atoms with E-state index < -0.39 is 11.9 Å². The summed E-state index contributed by atoms with van der Waals surface area (Å²) < 4.78 is 5.00. The van der Waals surface area contributed by atoms with Crippen LogP contribution in [-0.2, 0) is 9.53 Å². The van der Waals surface area contributed by atoms with Gasteiger partial charge in [0.05, 0.1) is 17.9 Å². The van der Waals surface area contributed by atoms with Crippen LogP contribution in [0.3, 0.4) is 0 Å². The van der Waals surface area contributed by atoms with E-state index in [1.165, 1.54) is 0 Å². The SMILES string of the molecule is CCOC(=O)c1ccccc1NC(=O)/C(C#N)=C\N1CCCCC1CCO. The number of nitrogens with one attached hydrogen (secondary N) is 1. The van der Waals surface area contributed by atoms with E-state index in [4.69, 9.17) is 4.74 Å². The number of likely N-dealkylation sites (tertiary alicyclic amines) is 1. The lowest BCUT2D eigenvalue weighted by Crippen LogP contribution is -2.37. The van der Waals surface area contributed by atoms with Crippen molar-refractivity contribution in [3.8, 4) is 6.07 Å². The fourth-order valence-electron chi connectivity index (χ4n) is 3.12. The van der Waals surface area contributed by atoms with Crippen LogP contribution in [0.25, 0.3) is 0 Å². The number of amides is 1. The number of aliphatic hydroxyl groups excluding tert-OH is 1. The Morgan fingerprint density at radius 2 is 2.19 bits per heavy atom. The van der Waals surface area contributed by atoms with Crippen molar-refractivity contribution in [2.45, 2.75) is 38.6 Å². The summed E-state index contributed by atoms with van der Waals surface area (Å²) in [6.07, 6.45) is 5.12. The van der Waals surface area contributed by atoms with Gasteiger partial charge in [-0.3, -0.25) is 4.79 Å². The van der Waals surface area contributed by atoms with Gasteiger partial charge >= 0.3 is 5.97 Å². The third-order valence-electron chi connectivity index (χ3n) is 4.47. The van der Waals surface area contributed by atoms with Crippen LogP contribution in [0, 0.1) is 11.3 Å². The Kier molecular flexibility index (Phi) is 7.83. The van der Waals surface area contributed by atoms with Gasteiger partial charge in [-0.15, -0.1) is 0 Å². The van der Waals surface area contributed by atoms with Crippen LogP contribution in [0.2, 0.25) is 0 Å². The highest BCUT2D eigenvalue weighted by atomic mass is 16.5. The van der Waals surface area contributed by atoms with Gasteiger partial charge in [0.25, 0.3) is 5.91 Å². The van der Waals surface area contributed by atoms with E-state index in [9.17, 15) is 20.0 Å². The summed E-state index contributed by atoms with van der Waals surface area (Å²) >= 11 is 0. The quantitative estimate of drug-likeness (QED) is 0.434. The van der Waals surface area contributed by atoms with E-state index in [-0.39, 0.29) is 30.4 Å². The van der Waals surface area contributed by atoms with Gasteiger partial charge in [-0.25, -0.2) is 4.79 Å². The third-order valence-corrected chi connectivity index (χ3v) is 4.47. The van der Waals surface area contributed by atoms with Crippen LogP contribution < -0.4 is 5.32 Å². The van der Waals surface area contributed by atoms with E-state index in [1.54, 1.807) is 37.4 Å². The molecule has 1 unspecified atom stereocenters. The van der Waals surface area contributed by atoms with Gasteiger partial charge < -0.3 is 20.1 Å². The summed E-state index contributed by atoms with van der Waals surface area (Å²) in [6, 6.07) is 8.57. The number of nitrogens with zero attached hydrogens (tertiary/aromatic N) is 2. The first kappa shape index (κ1) is 20.5. The molecular weight excluding hydrogens is 346 g/mol. The predicted molar refractivity (Wildman–Crippen MR) is 101 cm³/mol. The summed E-state index contributed by atoms with van der Waals surface area (Å²) in [5.74, 6) is -1.11. The van der Waals surface area contributed by atoms with Crippen LogP contribution in [0.15, 0.2) is 36.0 Å². The molecule has 0 aliphatic carbocycles. The Morgan fingerprint density at radius 1 is 1.41 bits per heavy atom. The number of piperidine rings is 1. The van der Waals surface area contributed by atoms with E-state index in [2.05, 4.69) is 5.32 Å². The number of rotatable bonds is 7. The molecule has 0 saturated carbocycles. The largest absolute Gasteiger partial charge is 0.462 e. The van der Waals surface area contributed by atoms with Crippen molar-refractivity contribution in [3.63, 3.8) is 0 Å². The molecule has 1 aromatic carbocycles. The molecule has 0 radical (unpaired) electrons. The maximum atomic E-state index is 12.6. The molecule has 2 N–H and O–H groups in total. The highest BCUT2D eigenvalue weighted by Gasteiger charge is 2.22. The minimum Gasteiger partial charge on any atom is -0.462 e. The van der Waals surface area contributed by atoms with E-state index in [0.717, 1.165) is 25.8 Å². The maximum absolute atomic E-state index is 12.6. The number of anilines is 1. The molecule has 27 heavy (non-hydrogen) atoms. The first-order valence-corrected chi connectivity index (χ1v) is 9.16. The van der Waals surface area contributed by atoms with Crippen molar-refractivity contribution in [3.05, 3.63) is 41.6 Å². The summed E-state index contributed by atoms with van der Waals surface area (Å²) in [7, 11) is 0. The van der Waals surface area contributed by atoms with Crippen LogP contribution in [0.4, 0.5) is 5.69 Å². The molecule has 0 spiro atoms. The van der Waals surface area contributed by atoms with Crippen LogP contribution in [0.1, 0.15) is 43.0 Å². The second kappa shape index (κ2) is 10.3. The normalized spacial score (nSPS) is 17.1. The zero-order valence-corrected chi connectivity index (χ0v) is 15.5. The third kappa shape index (κ3) is 5.56. The Hall–Kier alpha value is -2.85. The summed E-state index contributed by atoms with van der Waals surface area (Å²) in [6.45, 7) is 2.74. The van der Waals surface area contributed by atoms with Crippen LogP contribution >= 0.6 is 0 Å². The standard InChI is InChI=1S/C20H25N3O4/c1-2-27-20(26)17-8-3-4-9-18(17)22-19(25)15(13-21)14-23-11-6-5-7-16(23)10-12-24/h3-4,8-9,14,16,24H,2,5-7,10-12H2,1H3,(H,22,25)/b15-14-. The van der Waals surface area contributed by atoms with E-state index in [0.29, 0.717) is 12.1 Å². The number of benzene rings is 1. The summed E-state index contributed by atoms with van der Waals surface area (Å²) in [4.78, 5) is 26.6. The Bertz CT molecular complexity index is 737. The lowest BCUT2D eigenvalue weighted by molar-refractivity contribution is -0.112. The van der Waals surface area contributed by atoms with E-state index >= 15 is 0 Å². The topological polar surface area (TPSA) is 103 Å². The zero-order chi connectivity index (χ0) is 19.6. The second-order valence-electron chi connectivity index (χ2n) is 6.27. The minimum atomic E-state index is -0.581. The molecule has 1 fully saturated rings. The first-order chi connectivity index (χ1) is 13.1. The van der Waals surface area contributed by atoms with Gasteiger partial charge in [-0.2, -0.15) is 5.26 Å². The average Bonchev–Trinajstić information content (AvgIpc) is 2.68. The van der Waals surface area contributed by atoms with Gasteiger partial charge in [0, 0.05) is 25.4 Å². The number of para-hydroxylation sites is 1. The van der Waals surface area contributed by atoms with Gasteiger partial charge in [0.2, 0.25) is 0 Å². The molecule has 7 heteroatoms. The van der Waals surface area contributed by atoms with Gasteiger partial charge in [0.1, 0.15) is 11.6 Å². The molecule has 0 aromatic heterocycles. The summed E-state index contributed by atoms with van der Waals surface area (Å²) in [5, 5.41) is 21.3. The number of carbonyl (C=O) groups is 2. The van der Waals surface area contributed by atoms with Gasteiger partial charge in [-0.05, 0) is 44.7 Å². The molecule has 1 atom stereocenters. The fraction of sp³-hybridized carbons (Fsp3) is 0.450. The molecule has 2 rings (SSSR count). The number of hydrogen-bond donors (Lipinski definition) is 2. The fourth-order valence-corrected chi connectivity index (χ4v) is 3.12. The highest BCUT2D eigenvalue weighted by Crippen LogP contribution is 2.22. The molecule has 7 nitrogen and oxygen atoms in total. The molecule has 1 amide bonds. The minimum absolute atomic E-state index is 0.0431. The van der Waals surface area contributed by atoms with Crippen LogP contribution in [-0.4, -0.2) is 47.7 Å². The monoisotopic (exact) mass is 371 g/mol. The molecule has 1 aliphatic rings. The maximum Gasteiger partial charge on any atom is 0.340 e. The van der Waals surface area contributed by atoms with Crippen molar-refractivity contribution in [2.24, 2.45) is 0 Å². The summed E-state index contributed by atoms with van der Waals surface area (Å²) in [5.41, 5.74) is 0.493. The van der Waals surface area contributed by atoms with Crippen molar-refractivity contribution >= 4 is 17.6 Å². The lowest BCUT2D eigenvalue weighted by Gasteiger charge is -2.34. The molecule has 1 saturated heterocycles.